The van der Waals surface area contributed by atoms with Crippen molar-refractivity contribution in [3.05, 3.63) is 112 Å². The zero-order valence-electron chi connectivity index (χ0n) is 27.7. The number of carbonyl (C=O) groups excluding carboxylic acids is 2. The fraction of sp³-hybridized carbons (Fsp3) is 0.421. The molecule has 0 spiro atoms. The average Bonchev–Trinajstić information content (AvgIpc) is 2.98. The van der Waals surface area contributed by atoms with Gasteiger partial charge >= 0.3 is 0 Å². The van der Waals surface area contributed by atoms with Crippen LogP contribution in [0.25, 0.3) is 0 Å². The highest BCUT2D eigenvalue weighted by Crippen LogP contribution is 2.40. The van der Waals surface area contributed by atoms with Crippen LogP contribution in [0.3, 0.4) is 0 Å². The van der Waals surface area contributed by atoms with Crippen LogP contribution in [0.1, 0.15) is 106 Å². The van der Waals surface area contributed by atoms with E-state index in [0.717, 1.165) is 40.8 Å². The molecule has 0 atom stereocenters. The van der Waals surface area contributed by atoms with Crippen molar-refractivity contribution >= 4 is 11.8 Å². The predicted octanol–water partition coefficient (Wildman–Crippen LogP) is 8.36. The van der Waals surface area contributed by atoms with Gasteiger partial charge in [0.25, 0.3) is 5.91 Å². The number of benzene rings is 3. The number of halogens is 2. The van der Waals surface area contributed by atoms with E-state index in [-0.39, 0.29) is 40.2 Å². The van der Waals surface area contributed by atoms with Gasteiger partial charge in [-0.15, -0.1) is 0 Å². The monoisotopic (exact) mass is 618 g/mol. The van der Waals surface area contributed by atoms with Crippen molar-refractivity contribution in [3.8, 4) is 5.75 Å². The minimum atomic E-state index is -0.300. The molecule has 0 bridgehead atoms. The van der Waals surface area contributed by atoms with Gasteiger partial charge in [0.05, 0.1) is 7.11 Å². The van der Waals surface area contributed by atoms with Gasteiger partial charge in [0.2, 0.25) is 5.91 Å². The van der Waals surface area contributed by atoms with Crippen molar-refractivity contribution in [2.24, 2.45) is 0 Å². The Hall–Kier alpha value is -4.00. The highest BCUT2D eigenvalue weighted by Gasteiger charge is 2.28. The number of carbonyl (C=O) groups is 2. The molecule has 3 aromatic rings. The van der Waals surface area contributed by atoms with Crippen LogP contribution in [0.2, 0.25) is 0 Å². The molecular formula is C38H48F2N2O3. The zero-order valence-corrected chi connectivity index (χ0v) is 27.7. The molecule has 2 amide bonds. The van der Waals surface area contributed by atoms with E-state index in [1.807, 2.05) is 24.3 Å². The minimum absolute atomic E-state index is 0.00887. The first kappa shape index (κ1) is 35.5. The summed E-state index contributed by atoms with van der Waals surface area (Å²) in [6.07, 6.45) is 6.27. The van der Waals surface area contributed by atoms with Crippen LogP contribution in [0.5, 0.6) is 5.75 Å². The molecule has 0 fully saturated rings. The molecule has 0 unspecified atom stereocenters. The van der Waals surface area contributed by atoms with Crippen molar-refractivity contribution in [1.29, 1.82) is 0 Å². The Morgan fingerprint density at radius 3 is 1.67 bits per heavy atom. The fourth-order valence-corrected chi connectivity index (χ4v) is 5.33. The smallest absolute Gasteiger partial charge is 0.251 e. The molecule has 0 aliphatic heterocycles. The summed E-state index contributed by atoms with van der Waals surface area (Å²) in [5, 5.41) is 5.84. The molecule has 0 aliphatic rings. The summed E-state index contributed by atoms with van der Waals surface area (Å²) in [7, 11) is 1.67. The third-order valence-electron chi connectivity index (χ3n) is 7.83. The Morgan fingerprint density at radius 2 is 1.22 bits per heavy atom. The van der Waals surface area contributed by atoms with Crippen molar-refractivity contribution in [3.63, 3.8) is 0 Å². The molecule has 0 saturated heterocycles. The highest BCUT2D eigenvalue weighted by atomic mass is 19.1. The minimum Gasteiger partial charge on any atom is -0.496 e. The second kappa shape index (κ2) is 15.8. The molecule has 0 saturated carbocycles. The van der Waals surface area contributed by atoms with Crippen molar-refractivity contribution in [2.45, 2.75) is 84.0 Å². The normalized spacial score (nSPS) is 12.0. The fourth-order valence-electron chi connectivity index (χ4n) is 5.33. The van der Waals surface area contributed by atoms with Crippen LogP contribution >= 0.6 is 0 Å². The maximum atomic E-state index is 13.5. The zero-order chi connectivity index (χ0) is 33.2. The van der Waals surface area contributed by atoms with Gasteiger partial charge in [-0.3, -0.25) is 9.59 Å². The van der Waals surface area contributed by atoms with Crippen LogP contribution in [0.4, 0.5) is 8.78 Å². The second-order valence-electron chi connectivity index (χ2n) is 13.5. The molecule has 0 radical (unpaired) electrons. The highest BCUT2D eigenvalue weighted by molar-refractivity contribution is 5.95. The van der Waals surface area contributed by atoms with E-state index in [1.165, 1.54) is 24.3 Å². The van der Waals surface area contributed by atoms with Gasteiger partial charge in [-0.1, -0.05) is 84.4 Å². The number of amides is 2. The largest absolute Gasteiger partial charge is 0.496 e. The Morgan fingerprint density at radius 1 is 0.756 bits per heavy atom. The average molecular weight is 619 g/mol. The van der Waals surface area contributed by atoms with Gasteiger partial charge < -0.3 is 15.4 Å². The summed E-state index contributed by atoms with van der Waals surface area (Å²) in [6.45, 7) is 13.3. The van der Waals surface area contributed by atoms with Gasteiger partial charge in [0, 0.05) is 42.1 Å². The van der Waals surface area contributed by atoms with E-state index in [1.54, 1.807) is 31.4 Å². The summed E-state index contributed by atoms with van der Waals surface area (Å²) in [6, 6.07) is 16.6. The quantitative estimate of drug-likeness (QED) is 0.149. The SMILES string of the molecule is COc1c(C(C)(C)C)cc(C(=O)NCC=CCNC(=O)CCCCC(c2ccc(F)cc2)c2ccc(F)cc2)cc1C(C)(C)C. The first-order valence-electron chi connectivity index (χ1n) is 15.6. The van der Waals surface area contributed by atoms with Crippen molar-refractivity contribution in [1.82, 2.24) is 10.6 Å². The standard InChI is InChI=1S/C38H48F2N2O3/c1-37(2,3)32-24-28(25-33(35(32)45-7)38(4,5)6)36(44)42-23-11-10-22-41-34(43)13-9-8-12-31(26-14-18-29(39)19-15-26)27-16-20-30(40)21-17-27/h10-11,14-21,24-25,31H,8-9,12-13,22-23H2,1-7H3,(H,41,43)(H,42,44). The molecule has 7 heteroatoms. The third kappa shape index (κ3) is 10.5. The van der Waals surface area contributed by atoms with Crippen LogP contribution in [0.15, 0.2) is 72.8 Å². The molecule has 2 N–H and O–H groups in total. The van der Waals surface area contributed by atoms with E-state index < -0.39 is 0 Å². The topological polar surface area (TPSA) is 67.4 Å². The van der Waals surface area contributed by atoms with E-state index in [4.69, 9.17) is 4.74 Å². The maximum Gasteiger partial charge on any atom is 0.251 e. The number of ether oxygens (including phenoxy) is 1. The number of unbranched alkanes of at least 4 members (excludes halogenated alkanes) is 1. The third-order valence-corrected chi connectivity index (χ3v) is 7.83. The Kier molecular flexibility index (Phi) is 12.5. The van der Waals surface area contributed by atoms with Crippen molar-refractivity contribution in [2.75, 3.05) is 20.2 Å². The lowest BCUT2D eigenvalue weighted by atomic mass is 9.78. The summed E-state index contributed by atoms with van der Waals surface area (Å²) >= 11 is 0. The summed E-state index contributed by atoms with van der Waals surface area (Å²) in [5.41, 5.74) is 4.08. The first-order chi connectivity index (χ1) is 21.2. The molecule has 45 heavy (non-hydrogen) atoms. The van der Waals surface area contributed by atoms with Crippen LogP contribution in [0, 0.1) is 11.6 Å². The van der Waals surface area contributed by atoms with Gasteiger partial charge in [-0.25, -0.2) is 8.78 Å². The lowest BCUT2D eigenvalue weighted by molar-refractivity contribution is -0.121. The summed E-state index contributed by atoms with van der Waals surface area (Å²) in [5.74, 6) is -0.000738. The van der Waals surface area contributed by atoms with Gasteiger partial charge in [0.1, 0.15) is 17.4 Å². The second-order valence-corrected chi connectivity index (χ2v) is 13.5. The molecule has 0 aromatic heterocycles. The molecule has 242 valence electrons. The Balaban J connectivity index is 1.46. The van der Waals surface area contributed by atoms with Crippen LogP contribution in [-0.4, -0.2) is 32.0 Å². The summed E-state index contributed by atoms with van der Waals surface area (Å²) < 4.78 is 32.7. The van der Waals surface area contributed by atoms with Gasteiger partial charge in [0.15, 0.2) is 0 Å². The predicted molar refractivity (Wildman–Crippen MR) is 178 cm³/mol. The number of hydrogen-bond acceptors (Lipinski definition) is 3. The molecule has 3 aromatic carbocycles. The Bertz CT molecular complexity index is 1370. The van der Waals surface area contributed by atoms with E-state index >= 15 is 0 Å². The maximum absolute atomic E-state index is 13.5. The van der Waals surface area contributed by atoms with Crippen molar-refractivity contribution < 1.29 is 23.1 Å². The number of rotatable bonds is 13. The van der Waals surface area contributed by atoms with Crippen LogP contribution < -0.4 is 15.4 Å². The lowest BCUT2D eigenvalue weighted by Crippen LogP contribution is -2.27. The van der Waals surface area contributed by atoms with E-state index in [0.29, 0.717) is 31.5 Å². The number of hydrogen-bond donors (Lipinski definition) is 2. The number of nitrogens with one attached hydrogen (secondary N) is 2. The van der Waals surface area contributed by atoms with E-state index in [9.17, 15) is 18.4 Å². The Labute approximate surface area is 267 Å². The van der Waals surface area contributed by atoms with Crippen LogP contribution in [-0.2, 0) is 15.6 Å². The molecular weight excluding hydrogens is 570 g/mol. The van der Waals surface area contributed by atoms with Gasteiger partial charge in [-0.2, -0.15) is 0 Å². The van der Waals surface area contributed by atoms with E-state index in [2.05, 4.69) is 52.2 Å². The lowest BCUT2D eigenvalue weighted by Gasteiger charge is -2.29. The molecule has 0 aliphatic carbocycles. The molecule has 5 nitrogen and oxygen atoms in total. The first-order valence-corrected chi connectivity index (χ1v) is 15.6. The number of methoxy groups -OCH3 is 1. The summed E-state index contributed by atoms with van der Waals surface area (Å²) in [4.78, 5) is 25.5. The molecule has 0 heterocycles. The molecule has 3 rings (SSSR count). The van der Waals surface area contributed by atoms with Gasteiger partial charge in [-0.05, 0) is 71.2 Å².